The number of benzene rings is 1. The van der Waals surface area contributed by atoms with E-state index in [2.05, 4.69) is 4.72 Å². The molecule has 1 amide bonds. The maximum absolute atomic E-state index is 11.7. The number of para-hydroxylation sites is 1. The number of nitrogens with one attached hydrogen (secondary N) is 1. The lowest BCUT2D eigenvalue weighted by molar-refractivity contribution is -0.116. The predicted molar refractivity (Wildman–Crippen MR) is 79.8 cm³/mol. The van der Waals surface area contributed by atoms with E-state index < -0.39 is 10.2 Å². The molecule has 0 heterocycles. The van der Waals surface area contributed by atoms with Crippen molar-refractivity contribution in [1.82, 2.24) is 9.03 Å². The summed E-state index contributed by atoms with van der Waals surface area (Å²) in [7, 11) is -0.565. The van der Waals surface area contributed by atoms with Gasteiger partial charge in [0.05, 0.1) is 0 Å². The quantitative estimate of drug-likeness (QED) is 0.842. The largest absolute Gasteiger partial charge is 0.311 e. The van der Waals surface area contributed by atoms with Crippen LogP contribution in [0.25, 0.3) is 0 Å². The highest BCUT2D eigenvalue weighted by atomic mass is 32.2. The second-order valence-corrected chi connectivity index (χ2v) is 6.61. The number of aryl methyl sites for hydroxylation is 1. The van der Waals surface area contributed by atoms with Crippen molar-refractivity contribution in [2.24, 2.45) is 0 Å². The van der Waals surface area contributed by atoms with Crippen LogP contribution in [0.1, 0.15) is 12.5 Å². The Morgan fingerprint density at radius 2 is 1.85 bits per heavy atom. The van der Waals surface area contributed by atoms with Crippen LogP contribution >= 0.6 is 0 Å². The van der Waals surface area contributed by atoms with Gasteiger partial charge in [-0.1, -0.05) is 18.2 Å². The molecule has 0 bridgehead atoms. The molecule has 0 saturated carbocycles. The number of hydrogen-bond donors (Lipinski definition) is 1. The third kappa shape index (κ3) is 4.29. The van der Waals surface area contributed by atoms with Crippen LogP contribution in [0.3, 0.4) is 0 Å². The minimum atomic E-state index is -3.47. The van der Waals surface area contributed by atoms with Gasteiger partial charge in [0.25, 0.3) is 10.2 Å². The van der Waals surface area contributed by atoms with Gasteiger partial charge in [-0.25, -0.2) is 4.72 Å². The van der Waals surface area contributed by atoms with Crippen molar-refractivity contribution < 1.29 is 13.2 Å². The van der Waals surface area contributed by atoms with Crippen LogP contribution in [-0.2, 0) is 15.0 Å². The molecular weight excluding hydrogens is 278 g/mol. The van der Waals surface area contributed by atoms with E-state index in [1.54, 1.807) is 4.90 Å². The van der Waals surface area contributed by atoms with Crippen molar-refractivity contribution in [2.45, 2.75) is 13.8 Å². The number of hydrogen-bond acceptors (Lipinski definition) is 3. The third-order valence-electron chi connectivity index (χ3n) is 2.89. The molecule has 0 unspecified atom stereocenters. The molecule has 6 nitrogen and oxygen atoms in total. The summed E-state index contributed by atoms with van der Waals surface area (Å²) in [6.45, 7) is 3.82. The van der Waals surface area contributed by atoms with Crippen LogP contribution in [0, 0.1) is 6.92 Å². The maximum Gasteiger partial charge on any atom is 0.278 e. The van der Waals surface area contributed by atoms with Crippen LogP contribution < -0.4 is 9.62 Å². The highest BCUT2D eigenvalue weighted by Crippen LogP contribution is 2.19. The molecule has 20 heavy (non-hydrogen) atoms. The Hall–Kier alpha value is -1.44. The number of nitrogens with zero attached hydrogens (tertiary/aromatic N) is 2. The molecule has 7 heteroatoms. The Balaban J connectivity index is 2.76. The lowest BCUT2D eigenvalue weighted by Crippen LogP contribution is -2.41. The lowest BCUT2D eigenvalue weighted by Gasteiger charge is -2.23. The van der Waals surface area contributed by atoms with Gasteiger partial charge in [-0.3, -0.25) is 4.79 Å². The highest BCUT2D eigenvalue weighted by molar-refractivity contribution is 7.87. The van der Waals surface area contributed by atoms with E-state index in [0.717, 1.165) is 15.6 Å². The molecule has 0 aliphatic heterocycles. The first-order valence-corrected chi connectivity index (χ1v) is 7.70. The molecule has 0 atom stereocenters. The second kappa shape index (κ2) is 6.83. The van der Waals surface area contributed by atoms with Gasteiger partial charge >= 0.3 is 0 Å². The normalized spacial score (nSPS) is 11.7. The third-order valence-corrected chi connectivity index (χ3v) is 4.42. The number of carbonyl (C=O) groups excluding carboxylic acids is 1. The average Bonchev–Trinajstić information content (AvgIpc) is 2.35. The summed E-state index contributed by atoms with van der Waals surface area (Å²) in [6.07, 6.45) is 0. The smallest absolute Gasteiger partial charge is 0.278 e. The van der Waals surface area contributed by atoms with Crippen LogP contribution in [-0.4, -0.2) is 45.8 Å². The number of rotatable bonds is 6. The minimum absolute atomic E-state index is 0.122. The number of carbonyl (C=O) groups is 1. The predicted octanol–water partition coefficient (Wildman–Crippen LogP) is 0.744. The fraction of sp³-hybridized carbons (Fsp3) is 0.462. The summed E-state index contributed by atoms with van der Waals surface area (Å²) < 4.78 is 26.7. The van der Waals surface area contributed by atoms with E-state index in [4.69, 9.17) is 0 Å². The van der Waals surface area contributed by atoms with Crippen LogP contribution in [0.2, 0.25) is 0 Å². The molecule has 1 aromatic carbocycles. The first-order valence-electron chi connectivity index (χ1n) is 6.26. The summed E-state index contributed by atoms with van der Waals surface area (Å²) in [5, 5.41) is 0. The fourth-order valence-electron chi connectivity index (χ4n) is 1.73. The van der Waals surface area contributed by atoms with Crippen molar-refractivity contribution in [3.05, 3.63) is 29.8 Å². The first-order chi connectivity index (χ1) is 9.25. The molecular formula is C13H21N3O3S. The summed E-state index contributed by atoms with van der Waals surface area (Å²) in [5.41, 5.74) is 1.77. The van der Waals surface area contributed by atoms with Gasteiger partial charge < -0.3 is 4.90 Å². The molecule has 1 N–H and O–H groups in total. The first kappa shape index (κ1) is 16.6. The SMILES string of the molecule is CC(=O)N(CCNS(=O)(=O)N(C)C)c1ccccc1C. The van der Waals surface area contributed by atoms with Crippen molar-refractivity contribution in [3.63, 3.8) is 0 Å². The maximum atomic E-state index is 11.7. The van der Waals surface area contributed by atoms with E-state index >= 15 is 0 Å². The molecule has 0 aromatic heterocycles. The molecule has 0 aliphatic carbocycles. The van der Waals surface area contributed by atoms with E-state index in [9.17, 15) is 13.2 Å². The van der Waals surface area contributed by atoms with E-state index in [1.807, 2.05) is 31.2 Å². The lowest BCUT2D eigenvalue weighted by atomic mass is 10.2. The molecule has 0 radical (unpaired) electrons. The number of amides is 1. The molecule has 1 rings (SSSR count). The standard InChI is InChI=1S/C13H21N3O3S/c1-11-7-5-6-8-13(11)16(12(2)17)10-9-14-20(18,19)15(3)4/h5-8,14H,9-10H2,1-4H3. The van der Waals surface area contributed by atoms with Gasteiger partial charge in [0.2, 0.25) is 5.91 Å². The molecule has 0 fully saturated rings. The van der Waals surface area contributed by atoms with Crippen molar-refractivity contribution in [3.8, 4) is 0 Å². The Morgan fingerprint density at radius 3 is 2.35 bits per heavy atom. The topological polar surface area (TPSA) is 69.7 Å². The summed E-state index contributed by atoms with van der Waals surface area (Å²) in [6, 6.07) is 7.50. The molecule has 112 valence electrons. The zero-order chi connectivity index (χ0) is 15.3. The Kier molecular flexibility index (Phi) is 5.67. The van der Waals surface area contributed by atoms with Gasteiger partial charge in [-0.15, -0.1) is 0 Å². The highest BCUT2D eigenvalue weighted by Gasteiger charge is 2.16. The van der Waals surface area contributed by atoms with E-state index in [1.165, 1.54) is 21.0 Å². The molecule has 1 aromatic rings. The summed E-state index contributed by atoms with van der Waals surface area (Å²) in [4.78, 5) is 13.3. The van der Waals surface area contributed by atoms with Gasteiger partial charge in [0.15, 0.2) is 0 Å². The average molecular weight is 299 g/mol. The van der Waals surface area contributed by atoms with Crippen molar-refractivity contribution in [2.75, 3.05) is 32.1 Å². The van der Waals surface area contributed by atoms with E-state index in [0.29, 0.717) is 0 Å². The Morgan fingerprint density at radius 1 is 1.25 bits per heavy atom. The molecule has 0 spiro atoms. The van der Waals surface area contributed by atoms with Crippen molar-refractivity contribution in [1.29, 1.82) is 0 Å². The van der Waals surface area contributed by atoms with Crippen molar-refractivity contribution >= 4 is 21.8 Å². The Labute approximate surface area is 120 Å². The molecule has 0 saturated heterocycles. The minimum Gasteiger partial charge on any atom is -0.311 e. The zero-order valence-corrected chi connectivity index (χ0v) is 13.1. The van der Waals surface area contributed by atoms with Gasteiger partial charge in [0.1, 0.15) is 0 Å². The summed E-state index contributed by atoms with van der Waals surface area (Å²) >= 11 is 0. The second-order valence-electron chi connectivity index (χ2n) is 4.64. The van der Waals surface area contributed by atoms with Crippen LogP contribution in [0.5, 0.6) is 0 Å². The van der Waals surface area contributed by atoms with E-state index in [-0.39, 0.29) is 19.0 Å². The van der Waals surface area contributed by atoms with Crippen LogP contribution in [0.15, 0.2) is 24.3 Å². The monoisotopic (exact) mass is 299 g/mol. The molecule has 0 aliphatic rings. The Bertz CT molecular complexity index is 570. The van der Waals surface area contributed by atoms with Gasteiger partial charge in [-0.05, 0) is 18.6 Å². The number of anilines is 1. The van der Waals surface area contributed by atoms with Crippen LogP contribution in [0.4, 0.5) is 5.69 Å². The van der Waals surface area contributed by atoms with Gasteiger partial charge in [-0.2, -0.15) is 12.7 Å². The van der Waals surface area contributed by atoms with Gasteiger partial charge in [0, 0.05) is 39.8 Å². The zero-order valence-electron chi connectivity index (χ0n) is 12.3. The summed E-state index contributed by atoms with van der Waals surface area (Å²) in [5.74, 6) is -0.122. The fourth-order valence-corrected chi connectivity index (χ4v) is 2.34.